The Balaban J connectivity index is 2.36. The van der Waals surface area contributed by atoms with E-state index in [0.717, 1.165) is 23.9 Å². The standard InChI is InChI=1S/C12H14BrFN2/c1-8(2)3-4-16-12-6-11(14)10(13)5-9(12)7-15-16/h5-8H,3-4H2,1-2H3. The first-order valence-electron chi connectivity index (χ1n) is 5.38. The first-order valence-corrected chi connectivity index (χ1v) is 6.18. The molecule has 0 amide bonds. The van der Waals surface area contributed by atoms with Crippen LogP contribution >= 0.6 is 15.9 Å². The van der Waals surface area contributed by atoms with Crippen LogP contribution in [0.4, 0.5) is 4.39 Å². The van der Waals surface area contributed by atoms with Crippen molar-refractivity contribution >= 4 is 26.8 Å². The van der Waals surface area contributed by atoms with Crippen LogP contribution in [-0.4, -0.2) is 9.78 Å². The maximum Gasteiger partial charge on any atom is 0.139 e. The van der Waals surface area contributed by atoms with Gasteiger partial charge in [0.05, 0.1) is 16.2 Å². The summed E-state index contributed by atoms with van der Waals surface area (Å²) < 4.78 is 15.8. The monoisotopic (exact) mass is 284 g/mol. The molecule has 1 heterocycles. The molecule has 0 fully saturated rings. The third-order valence-corrected chi connectivity index (χ3v) is 3.21. The normalized spacial score (nSPS) is 11.6. The first kappa shape index (κ1) is 11.6. The largest absolute Gasteiger partial charge is 0.265 e. The van der Waals surface area contributed by atoms with Gasteiger partial charge in [-0.3, -0.25) is 4.68 Å². The second kappa shape index (κ2) is 4.53. The van der Waals surface area contributed by atoms with Crippen LogP contribution in [0.25, 0.3) is 10.9 Å². The molecular weight excluding hydrogens is 271 g/mol. The van der Waals surface area contributed by atoms with Crippen LogP contribution in [0.15, 0.2) is 22.8 Å². The number of halogens is 2. The fraction of sp³-hybridized carbons (Fsp3) is 0.417. The van der Waals surface area contributed by atoms with E-state index in [1.54, 1.807) is 12.3 Å². The molecule has 1 aromatic carbocycles. The highest BCUT2D eigenvalue weighted by Crippen LogP contribution is 2.23. The SMILES string of the molecule is CC(C)CCn1ncc2cc(Br)c(F)cc21. The highest BCUT2D eigenvalue weighted by Gasteiger charge is 2.07. The summed E-state index contributed by atoms with van der Waals surface area (Å²) in [5.41, 5.74) is 0.862. The summed E-state index contributed by atoms with van der Waals surface area (Å²) in [6.45, 7) is 5.17. The minimum Gasteiger partial charge on any atom is -0.265 e. The van der Waals surface area contributed by atoms with Gasteiger partial charge in [-0.05, 0) is 34.3 Å². The fourth-order valence-electron chi connectivity index (χ4n) is 1.63. The lowest BCUT2D eigenvalue weighted by molar-refractivity contribution is 0.495. The van der Waals surface area contributed by atoms with Crippen molar-refractivity contribution in [3.05, 3.63) is 28.6 Å². The molecule has 0 aliphatic rings. The molecule has 4 heteroatoms. The molecule has 0 aliphatic carbocycles. The quantitative estimate of drug-likeness (QED) is 0.834. The number of benzene rings is 1. The smallest absolute Gasteiger partial charge is 0.139 e. The first-order chi connectivity index (χ1) is 7.58. The van der Waals surface area contributed by atoms with Gasteiger partial charge < -0.3 is 0 Å². The van der Waals surface area contributed by atoms with Gasteiger partial charge in [0.1, 0.15) is 5.82 Å². The van der Waals surface area contributed by atoms with E-state index < -0.39 is 0 Å². The van der Waals surface area contributed by atoms with Crippen molar-refractivity contribution in [2.45, 2.75) is 26.8 Å². The van der Waals surface area contributed by atoms with Gasteiger partial charge in [0.25, 0.3) is 0 Å². The van der Waals surface area contributed by atoms with Crippen LogP contribution in [0.5, 0.6) is 0 Å². The van der Waals surface area contributed by atoms with Gasteiger partial charge in [-0.15, -0.1) is 0 Å². The van der Waals surface area contributed by atoms with Crippen LogP contribution < -0.4 is 0 Å². The van der Waals surface area contributed by atoms with Gasteiger partial charge in [0.2, 0.25) is 0 Å². The van der Waals surface area contributed by atoms with Crippen LogP contribution in [0.1, 0.15) is 20.3 Å². The Kier molecular flexibility index (Phi) is 3.28. The number of hydrogen-bond acceptors (Lipinski definition) is 1. The van der Waals surface area contributed by atoms with Crippen molar-refractivity contribution in [3.8, 4) is 0 Å². The maximum atomic E-state index is 13.4. The highest BCUT2D eigenvalue weighted by atomic mass is 79.9. The highest BCUT2D eigenvalue weighted by molar-refractivity contribution is 9.10. The zero-order valence-corrected chi connectivity index (χ0v) is 11.0. The number of aromatic nitrogens is 2. The Hall–Kier alpha value is -0.900. The number of aryl methyl sites for hydroxylation is 1. The molecule has 16 heavy (non-hydrogen) atoms. The summed E-state index contributed by atoms with van der Waals surface area (Å²) in [6.07, 6.45) is 2.83. The van der Waals surface area contributed by atoms with Crippen molar-refractivity contribution in [3.63, 3.8) is 0 Å². The van der Waals surface area contributed by atoms with E-state index >= 15 is 0 Å². The summed E-state index contributed by atoms with van der Waals surface area (Å²) in [5.74, 6) is 0.387. The summed E-state index contributed by atoms with van der Waals surface area (Å²) in [6, 6.07) is 3.30. The maximum absolute atomic E-state index is 13.4. The molecule has 2 nitrogen and oxygen atoms in total. The Morgan fingerprint density at radius 2 is 2.19 bits per heavy atom. The summed E-state index contributed by atoms with van der Waals surface area (Å²) >= 11 is 3.18. The second-order valence-electron chi connectivity index (χ2n) is 4.38. The van der Waals surface area contributed by atoms with Gasteiger partial charge in [-0.1, -0.05) is 13.8 Å². The van der Waals surface area contributed by atoms with Crippen LogP contribution in [-0.2, 0) is 6.54 Å². The lowest BCUT2D eigenvalue weighted by Crippen LogP contribution is -2.03. The third-order valence-electron chi connectivity index (χ3n) is 2.60. The molecule has 0 N–H and O–H groups in total. The van der Waals surface area contributed by atoms with Crippen molar-refractivity contribution in [1.29, 1.82) is 0 Å². The van der Waals surface area contributed by atoms with Crippen molar-refractivity contribution < 1.29 is 4.39 Å². The average molecular weight is 285 g/mol. The van der Waals surface area contributed by atoms with Gasteiger partial charge in [0, 0.05) is 18.0 Å². The number of nitrogens with zero attached hydrogens (tertiary/aromatic N) is 2. The van der Waals surface area contributed by atoms with Crippen molar-refractivity contribution in [1.82, 2.24) is 9.78 Å². The molecule has 0 bridgehead atoms. The Morgan fingerprint density at radius 3 is 2.88 bits per heavy atom. The van der Waals surface area contributed by atoms with Gasteiger partial charge >= 0.3 is 0 Å². The Labute approximate surface area is 103 Å². The van der Waals surface area contributed by atoms with Crippen molar-refractivity contribution in [2.75, 3.05) is 0 Å². The van der Waals surface area contributed by atoms with E-state index in [1.165, 1.54) is 6.07 Å². The van der Waals surface area contributed by atoms with E-state index in [2.05, 4.69) is 34.9 Å². The number of hydrogen-bond donors (Lipinski definition) is 0. The van der Waals surface area contributed by atoms with Crippen LogP contribution in [0.3, 0.4) is 0 Å². The molecule has 86 valence electrons. The molecular formula is C12H14BrFN2. The molecule has 0 spiro atoms. The van der Waals surface area contributed by atoms with Gasteiger partial charge in [0.15, 0.2) is 0 Å². The van der Waals surface area contributed by atoms with E-state index in [1.807, 2.05) is 4.68 Å². The number of fused-ring (bicyclic) bond motifs is 1. The van der Waals surface area contributed by atoms with Crippen LogP contribution in [0.2, 0.25) is 0 Å². The molecule has 0 aliphatic heterocycles. The third kappa shape index (κ3) is 2.26. The van der Waals surface area contributed by atoms with Crippen LogP contribution in [0, 0.1) is 11.7 Å². The topological polar surface area (TPSA) is 17.8 Å². The number of rotatable bonds is 3. The van der Waals surface area contributed by atoms with Gasteiger partial charge in [-0.2, -0.15) is 5.10 Å². The van der Waals surface area contributed by atoms with E-state index in [0.29, 0.717) is 10.4 Å². The summed E-state index contributed by atoms with van der Waals surface area (Å²) in [4.78, 5) is 0. The molecule has 0 unspecified atom stereocenters. The zero-order valence-electron chi connectivity index (χ0n) is 9.37. The predicted octanol–water partition coefficient (Wildman–Crippen LogP) is 3.98. The van der Waals surface area contributed by atoms with E-state index in [-0.39, 0.29) is 5.82 Å². The fourth-order valence-corrected chi connectivity index (χ4v) is 1.99. The minimum absolute atomic E-state index is 0.237. The Morgan fingerprint density at radius 1 is 1.44 bits per heavy atom. The minimum atomic E-state index is -0.237. The molecule has 0 radical (unpaired) electrons. The molecule has 0 atom stereocenters. The second-order valence-corrected chi connectivity index (χ2v) is 5.23. The molecule has 1 aromatic heterocycles. The lowest BCUT2D eigenvalue weighted by atomic mass is 10.1. The Bertz CT molecular complexity index is 505. The lowest BCUT2D eigenvalue weighted by Gasteiger charge is -2.06. The summed E-state index contributed by atoms with van der Waals surface area (Å²) in [7, 11) is 0. The van der Waals surface area contributed by atoms with Crippen molar-refractivity contribution in [2.24, 2.45) is 5.92 Å². The molecule has 2 rings (SSSR count). The van der Waals surface area contributed by atoms with Gasteiger partial charge in [-0.25, -0.2) is 4.39 Å². The zero-order chi connectivity index (χ0) is 11.7. The summed E-state index contributed by atoms with van der Waals surface area (Å²) in [5, 5.41) is 5.25. The van der Waals surface area contributed by atoms with E-state index in [4.69, 9.17) is 0 Å². The predicted molar refractivity (Wildman–Crippen MR) is 66.8 cm³/mol. The molecule has 2 aromatic rings. The average Bonchev–Trinajstić information content (AvgIpc) is 2.58. The molecule has 0 saturated carbocycles. The molecule has 0 saturated heterocycles. The van der Waals surface area contributed by atoms with E-state index in [9.17, 15) is 4.39 Å².